The van der Waals surface area contributed by atoms with E-state index in [1.165, 1.54) is 6.92 Å². The molecule has 0 aliphatic rings. The monoisotopic (exact) mass is 275 g/mol. The molecule has 0 spiro atoms. The van der Waals surface area contributed by atoms with Gasteiger partial charge >= 0.3 is 11.9 Å². The summed E-state index contributed by atoms with van der Waals surface area (Å²) in [4.78, 5) is 26.5. The molecule has 0 aliphatic heterocycles. The lowest BCUT2D eigenvalue weighted by Crippen LogP contribution is -2.39. The van der Waals surface area contributed by atoms with Crippen LogP contribution in [-0.4, -0.2) is 28.6 Å². The minimum Gasteiger partial charge on any atom is -0.480 e. The van der Waals surface area contributed by atoms with Crippen LogP contribution in [0.3, 0.4) is 0 Å². The summed E-state index contributed by atoms with van der Waals surface area (Å²) in [6.07, 6.45) is 1.83. The molecule has 0 saturated heterocycles. The zero-order chi connectivity index (χ0) is 14.8. The summed E-state index contributed by atoms with van der Waals surface area (Å²) >= 11 is 0. The van der Waals surface area contributed by atoms with Crippen LogP contribution in [0.5, 0.6) is 0 Å². The van der Waals surface area contributed by atoms with E-state index < -0.39 is 17.4 Å². The molecule has 0 fully saturated rings. The van der Waals surface area contributed by atoms with Gasteiger partial charge in [0.05, 0.1) is 6.61 Å². The van der Waals surface area contributed by atoms with Crippen LogP contribution in [0.2, 0.25) is 0 Å². The number of hydrogen-bond acceptors (Lipinski definition) is 3. The lowest BCUT2D eigenvalue weighted by atomic mass is 9.83. The van der Waals surface area contributed by atoms with Crippen LogP contribution in [0.15, 0.2) is 30.5 Å². The number of benzene rings is 1. The number of aromatic nitrogens is 1. The van der Waals surface area contributed by atoms with Crippen molar-refractivity contribution in [2.24, 2.45) is 5.41 Å². The summed E-state index contributed by atoms with van der Waals surface area (Å²) in [5.74, 6) is -1.89. The number of hydrogen-bond donors (Lipinski definition) is 2. The predicted octanol–water partition coefficient (Wildman–Crippen LogP) is 2.36. The van der Waals surface area contributed by atoms with E-state index in [-0.39, 0.29) is 13.0 Å². The van der Waals surface area contributed by atoms with E-state index in [1.807, 2.05) is 24.3 Å². The van der Waals surface area contributed by atoms with Crippen LogP contribution in [0.25, 0.3) is 10.9 Å². The first-order valence-corrected chi connectivity index (χ1v) is 6.44. The summed E-state index contributed by atoms with van der Waals surface area (Å²) in [5, 5.41) is 10.3. The molecule has 1 aromatic carbocycles. The maximum atomic E-state index is 12.0. The van der Waals surface area contributed by atoms with E-state index in [0.717, 1.165) is 16.5 Å². The number of aromatic amines is 1. The van der Waals surface area contributed by atoms with Gasteiger partial charge in [0.2, 0.25) is 0 Å². The number of rotatable bonds is 5. The molecule has 20 heavy (non-hydrogen) atoms. The minimum absolute atomic E-state index is 0.0885. The molecule has 1 unspecified atom stereocenters. The lowest BCUT2D eigenvalue weighted by molar-refractivity contribution is -0.167. The molecule has 5 heteroatoms. The van der Waals surface area contributed by atoms with Crippen molar-refractivity contribution in [1.29, 1.82) is 0 Å². The van der Waals surface area contributed by atoms with Crippen molar-refractivity contribution in [2.45, 2.75) is 20.3 Å². The van der Waals surface area contributed by atoms with Crippen molar-refractivity contribution in [3.63, 3.8) is 0 Å². The van der Waals surface area contributed by atoms with Crippen LogP contribution in [0.4, 0.5) is 0 Å². The van der Waals surface area contributed by atoms with Gasteiger partial charge in [0.15, 0.2) is 5.41 Å². The number of H-pyrrole nitrogens is 1. The van der Waals surface area contributed by atoms with Crippen molar-refractivity contribution in [3.8, 4) is 0 Å². The molecule has 2 N–H and O–H groups in total. The Kier molecular flexibility index (Phi) is 3.79. The number of carbonyl (C=O) groups excluding carboxylic acids is 1. The van der Waals surface area contributed by atoms with E-state index >= 15 is 0 Å². The molecule has 0 amide bonds. The Morgan fingerprint density at radius 2 is 2.05 bits per heavy atom. The summed E-state index contributed by atoms with van der Waals surface area (Å²) in [6.45, 7) is 3.22. The third kappa shape index (κ3) is 2.39. The predicted molar refractivity (Wildman–Crippen MR) is 74.4 cm³/mol. The van der Waals surface area contributed by atoms with Gasteiger partial charge in [0.1, 0.15) is 0 Å². The maximum Gasteiger partial charge on any atom is 0.323 e. The van der Waals surface area contributed by atoms with E-state index in [1.54, 1.807) is 13.1 Å². The molecule has 106 valence electrons. The number of fused-ring (bicyclic) bond motifs is 1. The Labute approximate surface area is 116 Å². The fourth-order valence-electron chi connectivity index (χ4n) is 2.18. The third-order valence-corrected chi connectivity index (χ3v) is 3.42. The second kappa shape index (κ2) is 5.36. The van der Waals surface area contributed by atoms with Gasteiger partial charge in [0.25, 0.3) is 0 Å². The van der Waals surface area contributed by atoms with Crippen molar-refractivity contribution >= 4 is 22.8 Å². The van der Waals surface area contributed by atoms with Crippen molar-refractivity contribution in [2.75, 3.05) is 6.61 Å². The van der Waals surface area contributed by atoms with Crippen LogP contribution in [-0.2, 0) is 20.7 Å². The van der Waals surface area contributed by atoms with Crippen molar-refractivity contribution < 1.29 is 19.4 Å². The first kappa shape index (κ1) is 14.1. The van der Waals surface area contributed by atoms with E-state index in [4.69, 9.17) is 4.74 Å². The van der Waals surface area contributed by atoms with Crippen LogP contribution in [0.1, 0.15) is 19.4 Å². The highest BCUT2D eigenvalue weighted by Gasteiger charge is 2.43. The summed E-state index contributed by atoms with van der Waals surface area (Å²) < 4.78 is 4.90. The summed E-state index contributed by atoms with van der Waals surface area (Å²) in [7, 11) is 0. The Balaban J connectivity index is 2.38. The van der Waals surface area contributed by atoms with Gasteiger partial charge in [-0.05, 0) is 25.5 Å². The molecule has 2 rings (SSSR count). The standard InChI is InChI=1S/C15H17NO4/c1-3-20-14(19)15(2,13(17)18)8-10-9-16-12-7-5-4-6-11(10)12/h4-7,9,16H,3,8H2,1-2H3,(H,17,18). The first-order valence-electron chi connectivity index (χ1n) is 6.44. The van der Waals surface area contributed by atoms with E-state index in [0.29, 0.717) is 0 Å². The maximum absolute atomic E-state index is 12.0. The Bertz CT molecular complexity index is 646. The molecular weight excluding hydrogens is 258 g/mol. The van der Waals surface area contributed by atoms with Gasteiger partial charge in [-0.3, -0.25) is 9.59 Å². The van der Waals surface area contributed by atoms with Gasteiger partial charge in [-0.25, -0.2) is 0 Å². The molecule has 1 atom stereocenters. The average Bonchev–Trinajstić information content (AvgIpc) is 2.82. The number of aliphatic carboxylic acids is 1. The van der Waals surface area contributed by atoms with Crippen LogP contribution < -0.4 is 0 Å². The molecule has 1 heterocycles. The Morgan fingerprint density at radius 1 is 1.35 bits per heavy atom. The molecule has 0 radical (unpaired) electrons. The molecule has 1 aromatic heterocycles. The molecule has 0 aliphatic carbocycles. The smallest absolute Gasteiger partial charge is 0.323 e. The number of esters is 1. The molecule has 0 saturated carbocycles. The fraction of sp³-hybridized carbons (Fsp3) is 0.333. The fourth-order valence-corrected chi connectivity index (χ4v) is 2.18. The SMILES string of the molecule is CCOC(=O)C(C)(Cc1c[nH]c2ccccc12)C(=O)O. The van der Waals surface area contributed by atoms with Gasteiger partial charge in [-0.1, -0.05) is 18.2 Å². The number of ether oxygens (including phenoxy) is 1. The van der Waals surface area contributed by atoms with E-state index in [9.17, 15) is 14.7 Å². The highest BCUT2D eigenvalue weighted by atomic mass is 16.5. The Morgan fingerprint density at radius 3 is 2.70 bits per heavy atom. The first-order chi connectivity index (χ1) is 9.49. The molecule has 5 nitrogen and oxygen atoms in total. The van der Waals surface area contributed by atoms with E-state index in [2.05, 4.69) is 4.98 Å². The highest BCUT2D eigenvalue weighted by Crippen LogP contribution is 2.29. The molecule has 0 bridgehead atoms. The summed E-state index contributed by atoms with van der Waals surface area (Å²) in [5.41, 5.74) is 0.124. The molecular formula is C15H17NO4. The topological polar surface area (TPSA) is 79.4 Å². The van der Waals surface area contributed by atoms with Gasteiger partial charge in [-0.2, -0.15) is 0 Å². The van der Waals surface area contributed by atoms with Gasteiger partial charge in [0, 0.05) is 23.5 Å². The Hall–Kier alpha value is -2.30. The zero-order valence-electron chi connectivity index (χ0n) is 11.5. The minimum atomic E-state index is -1.58. The highest BCUT2D eigenvalue weighted by molar-refractivity contribution is 5.99. The quantitative estimate of drug-likeness (QED) is 0.648. The number of para-hydroxylation sites is 1. The number of nitrogens with one attached hydrogen (secondary N) is 1. The third-order valence-electron chi connectivity index (χ3n) is 3.42. The normalized spacial score (nSPS) is 13.9. The number of carboxylic acid groups (broad SMARTS) is 1. The van der Waals surface area contributed by atoms with Crippen LogP contribution in [0, 0.1) is 5.41 Å². The second-order valence-corrected chi connectivity index (χ2v) is 4.89. The average molecular weight is 275 g/mol. The molecule has 2 aromatic rings. The zero-order valence-corrected chi connectivity index (χ0v) is 11.5. The van der Waals surface area contributed by atoms with Gasteiger partial charge in [-0.15, -0.1) is 0 Å². The number of carboxylic acids is 1. The van der Waals surface area contributed by atoms with Crippen molar-refractivity contribution in [1.82, 2.24) is 4.98 Å². The number of carbonyl (C=O) groups is 2. The lowest BCUT2D eigenvalue weighted by Gasteiger charge is -2.22. The summed E-state index contributed by atoms with van der Waals surface area (Å²) in [6, 6.07) is 7.57. The van der Waals surface area contributed by atoms with Crippen molar-refractivity contribution in [3.05, 3.63) is 36.0 Å². The van der Waals surface area contributed by atoms with Crippen LogP contribution >= 0.6 is 0 Å². The largest absolute Gasteiger partial charge is 0.480 e. The van der Waals surface area contributed by atoms with Gasteiger partial charge < -0.3 is 14.8 Å². The second-order valence-electron chi connectivity index (χ2n) is 4.89.